The predicted molar refractivity (Wildman–Crippen MR) is 67.5 cm³/mol. The van der Waals surface area contributed by atoms with Crippen LogP contribution < -0.4 is 0 Å². The van der Waals surface area contributed by atoms with E-state index in [4.69, 9.17) is 0 Å². The van der Waals surface area contributed by atoms with Crippen molar-refractivity contribution in [1.29, 1.82) is 0 Å². The Labute approximate surface area is 115 Å². The topological polar surface area (TPSA) is 20.2 Å². The van der Waals surface area contributed by atoms with E-state index in [-0.39, 0.29) is 11.5 Å². The van der Waals surface area contributed by atoms with Gasteiger partial charge in [-0.25, -0.2) is 4.39 Å². The van der Waals surface area contributed by atoms with Gasteiger partial charge in [0.2, 0.25) is 0 Å². The molecule has 0 aromatic heterocycles. The van der Waals surface area contributed by atoms with E-state index in [9.17, 15) is 22.7 Å². The SMILES string of the molecule is CC1CCC(C(O)c2ccc(F)cc2C(F)(F)F)CC1. The Morgan fingerprint density at radius 3 is 2.30 bits per heavy atom. The summed E-state index contributed by atoms with van der Waals surface area (Å²) in [5.41, 5.74) is -1.28. The van der Waals surface area contributed by atoms with E-state index in [1.165, 1.54) is 0 Å². The maximum atomic E-state index is 13.1. The summed E-state index contributed by atoms with van der Waals surface area (Å²) in [4.78, 5) is 0. The molecule has 1 saturated carbocycles. The molecule has 0 bridgehead atoms. The number of hydrogen-bond acceptors (Lipinski definition) is 1. The fourth-order valence-electron chi connectivity index (χ4n) is 2.89. The van der Waals surface area contributed by atoms with Crippen LogP contribution in [0.2, 0.25) is 0 Å². The van der Waals surface area contributed by atoms with Crippen molar-refractivity contribution in [2.45, 2.75) is 44.9 Å². The average Bonchev–Trinajstić information content (AvgIpc) is 2.38. The lowest BCUT2D eigenvalue weighted by atomic mass is 9.78. The molecular formula is C15H18F4O. The van der Waals surface area contributed by atoms with Gasteiger partial charge in [-0.2, -0.15) is 13.2 Å². The molecule has 2 rings (SSSR count). The molecule has 0 amide bonds. The Kier molecular flexibility index (Phi) is 4.37. The van der Waals surface area contributed by atoms with E-state index in [1.54, 1.807) is 0 Å². The lowest BCUT2D eigenvalue weighted by Crippen LogP contribution is -2.22. The van der Waals surface area contributed by atoms with Crippen LogP contribution in [-0.4, -0.2) is 5.11 Å². The number of alkyl halides is 3. The molecule has 1 aliphatic rings. The second-order valence-electron chi connectivity index (χ2n) is 5.69. The number of aliphatic hydroxyl groups is 1. The van der Waals surface area contributed by atoms with Gasteiger partial charge in [-0.1, -0.05) is 25.8 Å². The Morgan fingerprint density at radius 1 is 1.15 bits per heavy atom. The molecule has 0 saturated heterocycles. The maximum Gasteiger partial charge on any atom is 0.416 e. The summed E-state index contributed by atoms with van der Waals surface area (Å²) in [6.07, 6.45) is -2.61. The molecule has 20 heavy (non-hydrogen) atoms. The van der Waals surface area contributed by atoms with Crippen LogP contribution in [0.25, 0.3) is 0 Å². The Hall–Kier alpha value is -1.10. The Balaban J connectivity index is 2.27. The highest BCUT2D eigenvalue weighted by Crippen LogP contribution is 2.41. The summed E-state index contributed by atoms with van der Waals surface area (Å²) in [5.74, 6) is -0.572. The van der Waals surface area contributed by atoms with E-state index in [2.05, 4.69) is 6.92 Å². The van der Waals surface area contributed by atoms with Gasteiger partial charge in [0.25, 0.3) is 0 Å². The largest absolute Gasteiger partial charge is 0.416 e. The summed E-state index contributed by atoms with van der Waals surface area (Å²) in [7, 11) is 0. The zero-order chi connectivity index (χ0) is 14.9. The van der Waals surface area contributed by atoms with Crippen LogP contribution in [0.3, 0.4) is 0 Å². The lowest BCUT2D eigenvalue weighted by Gasteiger charge is -2.31. The second kappa shape index (κ2) is 5.72. The molecule has 0 heterocycles. The molecule has 1 aliphatic carbocycles. The summed E-state index contributed by atoms with van der Waals surface area (Å²) < 4.78 is 51.9. The molecule has 5 heteroatoms. The molecule has 1 N–H and O–H groups in total. The van der Waals surface area contributed by atoms with Crippen LogP contribution in [0.5, 0.6) is 0 Å². The summed E-state index contributed by atoms with van der Waals surface area (Å²) >= 11 is 0. The van der Waals surface area contributed by atoms with Crippen molar-refractivity contribution in [1.82, 2.24) is 0 Å². The molecule has 1 nitrogen and oxygen atoms in total. The zero-order valence-electron chi connectivity index (χ0n) is 11.3. The first-order chi connectivity index (χ1) is 9.29. The molecule has 0 radical (unpaired) electrons. The van der Waals surface area contributed by atoms with E-state index in [0.717, 1.165) is 25.0 Å². The van der Waals surface area contributed by atoms with Crippen molar-refractivity contribution in [2.75, 3.05) is 0 Å². The third-order valence-electron chi connectivity index (χ3n) is 4.15. The molecule has 1 aromatic carbocycles. The highest BCUT2D eigenvalue weighted by atomic mass is 19.4. The van der Waals surface area contributed by atoms with Gasteiger partial charge in [-0.3, -0.25) is 0 Å². The third-order valence-corrected chi connectivity index (χ3v) is 4.15. The summed E-state index contributed by atoms with van der Waals surface area (Å²) in [6, 6.07) is 2.49. The van der Waals surface area contributed by atoms with Crippen LogP contribution in [-0.2, 0) is 6.18 Å². The third kappa shape index (κ3) is 3.32. The van der Waals surface area contributed by atoms with Gasteiger partial charge in [0, 0.05) is 0 Å². The molecule has 112 valence electrons. The van der Waals surface area contributed by atoms with Crippen LogP contribution in [0.15, 0.2) is 18.2 Å². The van der Waals surface area contributed by atoms with Gasteiger partial charge >= 0.3 is 6.18 Å². The van der Waals surface area contributed by atoms with Gasteiger partial charge in [0.05, 0.1) is 11.7 Å². The van der Waals surface area contributed by atoms with Crippen LogP contribution in [0, 0.1) is 17.7 Å². The zero-order valence-corrected chi connectivity index (χ0v) is 11.3. The molecule has 0 spiro atoms. The fourth-order valence-corrected chi connectivity index (χ4v) is 2.89. The van der Waals surface area contributed by atoms with Crippen molar-refractivity contribution in [3.8, 4) is 0 Å². The van der Waals surface area contributed by atoms with E-state index < -0.39 is 23.7 Å². The minimum absolute atomic E-state index is 0.183. The van der Waals surface area contributed by atoms with Gasteiger partial charge in [0.1, 0.15) is 5.82 Å². The van der Waals surface area contributed by atoms with Crippen molar-refractivity contribution in [3.05, 3.63) is 35.1 Å². The Morgan fingerprint density at radius 2 is 1.75 bits per heavy atom. The molecule has 1 aromatic rings. The highest BCUT2D eigenvalue weighted by Gasteiger charge is 2.37. The molecule has 0 aliphatic heterocycles. The van der Waals surface area contributed by atoms with Gasteiger partial charge in [0.15, 0.2) is 0 Å². The van der Waals surface area contributed by atoms with E-state index in [1.807, 2.05) is 0 Å². The quantitative estimate of drug-likeness (QED) is 0.782. The number of rotatable bonds is 2. The monoisotopic (exact) mass is 290 g/mol. The van der Waals surface area contributed by atoms with Gasteiger partial charge in [-0.05, 0) is 42.4 Å². The smallest absolute Gasteiger partial charge is 0.388 e. The fraction of sp³-hybridized carbons (Fsp3) is 0.600. The minimum Gasteiger partial charge on any atom is -0.388 e. The summed E-state index contributed by atoms with van der Waals surface area (Å²) in [5, 5.41) is 10.2. The van der Waals surface area contributed by atoms with E-state index in [0.29, 0.717) is 24.8 Å². The number of benzene rings is 1. The lowest BCUT2D eigenvalue weighted by molar-refractivity contribution is -0.139. The first-order valence-corrected chi connectivity index (χ1v) is 6.83. The van der Waals surface area contributed by atoms with Crippen LogP contribution >= 0.6 is 0 Å². The number of hydrogen-bond donors (Lipinski definition) is 1. The highest BCUT2D eigenvalue weighted by molar-refractivity contribution is 5.32. The van der Waals surface area contributed by atoms with Crippen molar-refractivity contribution in [3.63, 3.8) is 0 Å². The average molecular weight is 290 g/mol. The number of halogens is 4. The first kappa shape index (κ1) is 15.3. The molecule has 1 fully saturated rings. The van der Waals surface area contributed by atoms with Crippen molar-refractivity contribution < 1.29 is 22.7 Å². The Bertz CT molecular complexity index is 461. The standard InChI is InChI=1S/C15H18F4O/c1-9-2-4-10(5-3-9)14(20)12-7-6-11(16)8-13(12)15(17,18)19/h6-10,14,20H,2-5H2,1H3. The first-order valence-electron chi connectivity index (χ1n) is 6.83. The number of aliphatic hydroxyl groups excluding tert-OH is 1. The maximum absolute atomic E-state index is 13.1. The molecular weight excluding hydrogens is 272 g/mol. The van der Waals surface area contributed by atoms with Crippen LogP contribution in [0.4, 0.5) is 17.6 Å². The predicted octanol–water partition coefficient (Wildman–Crippen LogP) is 4.70. The van der Waals surface area contributed by atoms with Crippen molar-refractivity contribution in [2.24, 2.45) is 11.8 Å². The van der Waals surface area contributed by atoms with E-state index >= 15 is 0 Å². The van der Waals surface area contributed by atoms with Crippen molar-refractivity contribution >= 4 is 0 Å². The molecule has 1 atom stereocenters. The summed E-state index contributed by atoms with van der Waals surface area (Å²) in [6.45, 7) is 2.10. The van der Waals surface area contributed by atoms with Crippen LogP contribution in [0.1, 0.15) is 49.8 Å². The second-order valence-corrected chi connectivity index (χ2v) is 5.69. The van der Waals surface area contributed by atoms with Gasteiger partial charge < -0.3 is 5.11 Å². The van der Waals surface area contributed by atoms with Gasteiger partial charge in [-0.15, -0.1) is 0 Å². The minimum atomic E-state index is -4.65. The molecule has 1 unspecified atom stereocenters. The normalized spacial score (nSPS) is 25.5.